The molecule has 1 aliphatic heterocycles. The summed E-state index contributed by atoms with van der Waals surface area (Å²) in [5, 5.41) is 2.33. The summed E-state index contributed by atoms with van der Waals surface area (Å²) in [4.78, 5) is 2.27. The van der Waals surface area contributed by atoms with Crippen LogP contribution in [0.15, 0.2) is 71.3 Å². The molecule has 1 aliphatic rings. The van der Waals surface area contributed by atoms with Gasteiger partial charge in [0.1, 0.15) is 18.0 Å². The molecular formula is C24H22BN2O+. The molecule has 5 rings (SSSR count). The van der Waals surface area contributed by atoms with Gasteiger partial charge in [-0.25, -0.2) is 4.57 Å². The first-order valence-corrected chi connectivity index (χ1v) is 9.60. The van der Waals surface area contributed by atoms with Gasteiger partial charge in [-0.1, -0.05) is 48.5 Å². The standard InChI is InChI=1S/C24H22BN2O/c1-17-13-24(26(2)15-20(17)18-9-5-4-6-10-18)25-14-23-21(16-27(25)3)19-11-7-8-12-22(19)28-23/h4-16H,1-3H3/q+1. The summed E-state index contributed by atoms with van der Waals surface area (Å²) in [6, 6.07) is 21.1. The fourth-order valence-corrected chi connectivity index (χ4v) is 4.17. The molecule has 0 amide bonds. The van der Waals surface area contributed by atoms with Crippen LogP contribution in [0.2, 0.25) is 0 Å². The third-order valence-electron chi connectivity index (χ3n) is 5.65. The molecule has 0 fully saturated rings. The summed E-state index contributed by atoms with van der Waals surface area (Å²) < 4.78 is 8.36. The summed E-state index contributed by atoms with van der Waals surface area (Å²) in [5.74, 6) is 2.23. The molecule has 28 heavy (non-hydrogen) atoms. The van der Waals surface area contributed by atoms with E-state index in [1.54, 1.807) is 0 Å². The second-order valence-electron chi connectivity index (χ2n) is 7.55. The zero-order valence-corrected chi connectivity index (χ0v) is 16.4. The Hall–Kier alpha value is -3.27. The van der Waals surface area contributed by atoms with Crippen LogP contribution in [0.4, 0.5) is 0 Å². The number of hydrogen-bond acceptors (Lipinski definition) is 2. The first kappa shape index (κ1) is 16.9. The maximum atomic E-state index is 6.13. The van der Waals surface area contributed by atoms with E-state index in [4.69, 9.17) is 4.42 Å². The lowest BCUT2D eigenvalue weighted by Crippen LogP contribution is -2.60. The summed E-state index contributed by atoms with van der Waals surface area (Å²) >= 11 is 0. The molecule has 0 spiro atoms. The van der Waals surface area contributed by atoms with Crippen molar-refractivity contribution >= 4 is 35.6 Å². The van der Waals surface area contributed by atoms with Crippen LogP contribution in [0.25, 0.3) is 34.3 Å². The van der Waals surface area contributed by atoms with E-state index >= 15 is 0 Å². The first-order valence-electron chi connectivity index (χ1n) is 9.60. The van der Waals surface area contributed by atoms with Crippen LogP contribution in [-0.2, 0) is 7.05 Å². The lowest BCUT2D eigenvalue weighted by atomic mass is 9.56. The second-order valence-corrected chi connectivity index (χ2v) is 7.55. The van der Waals surface area contributed by atoms with Crippen LogP contribution >= 0.6 is 0 Å². The fraction of sp³-hybridized carbons (Fsp3) is 0.125. The van der Waals surface area contributed by atoms with Crippen LogP contribution in [0.5, 0.6) is 0 Å². The number of aryl methyl sites for hydroxylation is 2. The normalized spacial score (nSPS) is 13.2. The maximum absolute atomic E-state index is 6.13. The summed E-state index contributed by atoms with van der Waals surface area (Å²) in [6.45, 7) is 2.31. The molecule has 3 heterocycles. The van der Waals surface area contributed by atoms with Crippen LogP contribution < -0.4 is 20.8 Å². The largest absolute Gasteiger partial charge is 0.457 e. The van der Waals surface area contributed by atoms with Gasteiger partial charge >= 0.3 is 6.85 Å². The smallest absolute Gasteiger partial charge is 0.399 e. The Kier molecular flexibility index (Phi) is 3.87. The van der Waals surface area contributed by atoms with Gasteiger partial charge in [0, 0.05) is 22.2 Å². The summed E-state index contributed by atoms with van der Waals surface area (Å²) in [6.07, 6.45) is 4.43. The van der Waals surface area contributed by atoms with Gasteiger partial charge in [0.25, 0.3) is 0 Å². The Labute approximate surface area is 164 Å². The molecule has 0 aliphatic carbocycles. The molecule has 0 bridgehead atoms. The second kappa shape index (κ2) is 6.41. The number of furan rings is 1. The Balaban J connectivity index is 1.64. The molecule has 136 valence electrons. The van der Waals surface area contributed by atoms with Gasteiger partial charge in [0.15, 0.2) is 11.8 Å². The lowest BCUT2D eigenvalue weighted by molar-refractivity contribution is -0.653. The van der Waals surface area contributed by atoms with Crippen LogP contribution in [0, 0.1) is 6.92 Å². The van der Waals surface area contributed by atoms with E-state index in [1.807, 2.05) is 12.1 Å². The zero-order valence-electron chi connectivity index (χ0n) is 16.4. The van der Waals surface area contributed by atoms with Gasteiger partial charge < -0.3 is 9.23 Å². The average Bonchev–Trinajstić information content (AvgIpc) is 3.07. The molecule has 0 unspecified atom stereocenters. The van der Waals surface area contributed by atoms with Gasteiger partial charge in [0.05, 0.1) is 0 Å². The molecule has 0 saturated carbocycles. The number of para-hydroxylation sites is 1. The first-order chi connectivity index (χ1) is 13.6. The fourth-order valence-electron chi connectivity index (χ4n) is 4.17. The van der Waals surface area contributed by atoms with E-state index < -0.39 is 0 Å². The third kappa shape index (κ3) is 2.64. The van der Waals surface area contributed by atoms with E-state index in [-0.39, 0.29) is 6.85 Å². The molecule has 2 aromatic heterocycles. The number of nitrogens with zero attached hydrogens (tertiary/aromatic N) is 2. The van der Waals surface area contributed by atoms with E-state index in [1.165, 1.54) is 27.7 Å². The van der Waals surface area contributed by atoms with Crippen molar-refractivity contribution in [3.05, 3.63) is 83.1 Å². The van der Waals surface area contributed by atoms with Crippen molar-refractivity contribution in [3.63, 3.8) is 0 Å². The van der Waals surface area contributed by atoms with Crippen LogP contribution in [0.3, 0.4) is 0 Å². The SMILES string of the molecule is Cc1cc(B2C=c3oc4ccccc4c3=CN2C)[n+](C)cc1-c1ccccc1. The van der Waals surface area contributed by atoms with Crippen molar-refractivity contribution in [1.29, 1.82) is 0 Å². The van der Waals surface area contributed by atoms with Gasteiger partial charge in [-0.05, 0) is 43.3 Å². The highest BCUT2D eigenvalue weighted by atomic mass is 16.3. The van der Waals surface area contributed by atoms with Crippen LogP contribution in [0.1, 0.15) is 5.56 Å². The molecule has 0 saturated heterocycles. The van der Waals surface area contributed by atoms with E-state index in [0.29, 0.717) is 0 Å². The average molecular weight is 365 g/mol. The molecule has 0 N–H and O–H groups in total. The third-order valence-corrected chi connectivity index (χ3v) is 5.65. The molecule has 4 heteroatoms. The monoisotopic (exact) mass is 365 g/mol. The minimum atomic E-state index is 0.126. The summed E-state index contributed by atoms with van der Waals surface area (Å²) in [7, 11) is 4.25. The number of pyridine rings is 1. The maximum Gasteiger partial charge on any atom is 0.399 e. The molecule has 0 atom stereocenters. The molecule has 3 nitrogen and oxygen atoms in total. The van der Waals surface area contributed by atoms with Crippen molar-refractivity contribution in [2.45, 2.75) is 6.92 Å². The Morgan fingerprint density at radius 1 is 1.00 bits per heavy atom. The van der Waals surface area contributed by atoms with E-state index in [2.05, 4.69) is 97.3 Å². The minimum absolute atomic E-state index is 0.126. The summed E-state index contributed by atoms with van der Waals surface area (Å²) in [5.41, 5.74) is 6.91. The molecule has 0 radical (unpaired) electrons. The minimum Gasteiger partial charge on any atom is -0.457 e. The van der Waals surface area contributed by atoms with Crippen molar-refractivity contribution in [3.8, 4) is 11.1 Å². The topological polar surface area (TPSA) is 20.3 Å². The highest BCUT2D eigenvalue weighted by Crippen LogP contribution is 2.20. The number of hydrogen-bond donors (Lipinski definition) is 0. The number of fused-ring (bicyclic) bond motifs is 3. The predicted molar refractivity (Wildman–Crippen MR) is 115 cm³/mol. The van der Waals surface area contributed by atoms with E-state index in [0.717, 1.165) is 16.2 Å². The Bertz CT molecular complexity index is 1310. The number of aromatic nitrogens is 1. The number of rotatable bonds is 2. The van der Waals surface area contributed by atoms with Crippen molar-refractivity contribution in [1.82, 2.24) is 4.81 Å². The van der Waals surface area contributed by atoms with Gasteiger partial charge in [0.2, 0.25) is 0 Å². The lowest BCUT2D eigenvalue weighted by Gasteiger charge is -2.21. The zero-order chi connectivity index (χ0) is 19.3. The molecular weight excluding hydrogens is 343 g/mol. The van der Waals surface area contributed by atoms with Crippen molar-refractivity contribution in [2.24, 2.45) is 7.05 Å². The molecule has 2 aromatic carbocycles. The Morgan fingerprint density at radius 3 is 2.57 bits per heavy atom. The van der Waals surface area contributed by atoms with E-state index in [9.17, 15) is 0 Å². The van der Waals surface area contributed by atoms with Gasteiger partial charge in [-0.2, -0.15) is 0 Å². The highest BCUT2D eigenvalue weighted by Gasteiger charge is 2.31. The molecule has 4 aromatic rings. The highest BCUT2D eigenvalue weighted by molar-refractivity contribution is 6.82. The predicted octanol–water partition coefficient (Wildman–Crippen LogP) is 2.13. The van der Waals surface area contributed by atoms with Crippen molar-refractivity contribution in [2.75, 3.05) is 7.05 Å². The quantitative estimate of drug-likeness (QED) is 0.401. The van der Waals surface area contributed by atoms with Crippen molar-refractivity contribution < 1.29 is 8.98 Å². The van der Waals surface area contributed by atoms with Gasteiger partial charge in [-0.3, -0.25) is 0 Å². The van der Waals surface area contributed by atoms with Crippen LogP contribution in [-0.4, -0.2) is 18.7 Å². The van der Waals surface area contributed by atoms with Gasteiger partial charge in [-0.15, -0.1) is 0 Å². The Morgan fingerprint density at radius 2 is 1.75 bits per heavy atom. The number of benzene rings is 2.